The zero-order valence-corrected chi connectivity index (χ0v) is 9.10. The van der Waals surface area contributed by atoms with Gasteiger partial charge in [-0.15, -0.1) is 0 Å². The van der Waals surface area contributed by atoms with Crippen LogP contribution in [0.2, 0.25) is 0 Å². The highest BCUT2D eigenvalue weighted by atomic mass is 35.5. The molecule has 0 N–H and O–H groups in total. The molecule has 0 aliphatic carbocycles. The Labute approximate surface area is 88.8 Å². The SMILES string of the molecule is Cc1ccc(C)c(OCCC(=O)Cl)c1. The molecule has 0 unspecified atom stereocenters. The van der Waals surface area contributed by atoms with Crippen molar-refractivity contribution in [2.75, 3.05) is 6.61 Å². The minimum Gasteiger partial charge on any atom is -0.493 e. The van der Waals surface area contributed by atoms with Gasteiger partial charge in [0.25, 0.3) is 0 Å². The Morgan fingerprint density at radius 1 is 1.43 bits per heavy atom. The molecule has 1 aromatic rings. The Bertz CT molecular complexity index is 334. The van der Waals surface area contributed by atoms with E-state index < -0.39 is 0 Å². The summed E-state index contributed by atoms with van der Waals surface area (Å²) in [5.41, 5.74) is 2.21. The van der Waals surface area contributed by atoms with Crippen molar-refractivity contribution in [3.8, 4) is 5.75 Å². The van der Waals surface area contributed by atoms with Gasteiger partial charge < -0.3 is 4.74 Å². The van der Waals surface area contributed by atoms with Crippen molar-refractivity contribution in [1.82, 2.24) is 0 Å². The molecule has 0 aliphatic rings. The van der Waals surface area contributed by atoms with E-state index in [1.54, 1.807) is 0 Å². The first-order valence-corrected chi connectivity index (χ1v) is 4.86. The number of hydrogen-bond donors (Lipinski definition) is 0. The van der Waals surface area contributed by atoms with Crippen LogP contribution in [0.25, 0.3) is 0 Å². The van der Waals surface area contributed by atoms with Crippen LogP contribution in [0.1, 0.15) is 17.5 Å². The highest BCUT2D eigenvalue weighted by molar-refractivity contribution is 6.63. The molecule has 3 heteroatoms. The van der Waals surface area contributed by atoms with E-state index in [2.05, 4.69) is 0 Å². The van der Waals surface area contributed by atoms with E-state index in [9.17, 15) is 4.79 Å². The van der Waals surface area contributed by atoms with Crippen LogP contribution in [-0.2, 0) is 4.79 Å². The summed E-state index contributed by atoms with van der Waals surface area (Å²) in [7, 11) is 0. The summed E-state index contributed by atoms with van der Waals surface area (Å²) in [5, 5.41) is -0.365. The van der Waals surface area contributed by atoms with Gasteiger partial charge in [0.05, 0.1) is 13.0 Å². The Kier molecular flexibility index (Phi) is 3.96. The minimum atomic E-state index is -0.365. The van der Waals surface area contributed by atoms with Crippen LogP contribution in [-0.4, -0.2) is 11.8 Å². The lowest BCUT2D eigenvalue weighted by Crippen LogP contribution is -2.02. The highest BCUT2D eigenvalue weighted by Crippen LogP contribution is 2.19. The van der Waals surface area contributed by atoms with Crippen LogP contribution in [0.15, 0.2) is 18.2 Å². The molecule has 14 heavy (non-hydrogen) atoms. The first kappa shape index (κ1) is 11.1. The van der Waals surface area contributed by atoms with Crippen LogP contribution in [0, 0.1) is 13.8 Å². The average Bonchev–Trinajstić information content (AvgIpc) is 2.10. The van der Waals surface area contributed by atoms with E-state index in [4.69, 9.17) is 16.3 Å². The molecule has 0 amide bonds. The normalized spacial score (nSPS) is 9.93. The monoisotopic (exact) mass is 212 g/mol. The highest BCUT2D eigenvalue weighted by Gasteiger charge is 2.01. The Balaban J connectivity index is 2.57. The zero-order chi connectivity index (χ0) is 10.6. The number of halogens is 1. The molecule has 1 aromatic carbocycles. The molecule has 0 bridgehead atoms. The number of benzene rings is 1. The summed E-state index contributed by atoms with van der Waals surface area (Å²) >= 11 is 5.20. The second kappa shape index (κ2) is 5.01. The van der Waals surface area contributed by atoms with Crippen LogP contribution in [0.5, 0.6) is 5.75 Å². The van der Waals surface area contributed by atoms with Gasteiger partial charge >= 0.3 is 0 Å². The van der Waals surface area contributed by atoms with Gasteiger partial charge in [0.1, 0.15) is 5.75 Å². The maximum absolute atomic E-state index is 10.5. The molecular formula is C11H13ClO2. The van der Waals surface area contributed by atoms with E-state index in [1.165, 1.54) is 0 Å². The van der Waals surface area contributed by atoms with Crippen molar-refractivity contribution in [2.24, 2.45) is 0 Å². The van der Waals surface area contributed by atoms with Crippen LogP contribution in [0.4, 0.5) is 0 Å². The van der Waals surface area contributed by atoms with Gasteiger partial charge in [-0.05, 0) is 42.6 Å². The Hall–Kier alpha value is -1.02. The van der Waals surface area contributed by atoms with Crippen LogP contribution < -0.4 is 4.74 Å². The van der Waals surface area contributed by atoms with E-state index in [1.807, 2.05) is 32.0 Å². The Morgan fingerprint density at radius 3 is 2.79 bits per heavy atom. The summed E-state index contributed by atoms with van der Waals surface area (Å²) in [6.07, 6.45) is 0.245. The minimum absolute atomic E-state index is 0.245. The van der Waals surface area contributed by atoms with Crippen molar-refractivity contribution in [1.29, 1.82) is 0 Å². The third-order valence-electron chi connectivity index (χ3n) is 1.90. The lowest BCUT2D eigenvalue weighted by Gasteiger charge is -2.08. The third-order valence-corrected chi connectivity index (χ3v) is 2.09. The van der Waals surface area contributed by atoms with E-state index in [0.29, 0.717) is 6.61 Å². The fourth-order valence-corrected chi connectivity index (χ4v) is 1.18. The molecule has 0 aromatic heterocycles. The first-order valence-electron chi connectivity index (χ1n) is 4.48. The lowest BCUT2D eigenvalue weighted by molar-refractivity contribution is -0.112. The molecule has 0 aliphatic heterocycles. The molecular weight excluding hydrogens is 200 g/mol. The smallest absolute Gasteiger partial charge is 0.225 e. The predicted molar refractivity (Wildman–Crippen MR) is 56.9 cm³/mol. The van der Waals surface area contributed by atoms with Crippen molar-refractivity contribution >= 4 is 16.8 Å². The lowest BCUT2D eigenvalue weighted by atomic mass is 10.1. The number of hydrogen-bond acceptors (Lipinski definition) is 2. The zero-order valence-electron chi connectivity index (χ0n) is 8.34. The fraction of sp³-hybridized carbons (Fsp3) is 0.364. The molecule has 0 saturated heterocycles. The second-order valence-electron chi connectivity index (χ2n) is 3.22. The summed E-state index contributed by atoms with van der Waals surface area (Å²) < 4.78 is 5.42. The molecule has 0 radical (unpaired) electrons. The number of aryl methyl sites for hydroxylation is 2. The second-order valence-corrected chi connectivity index (χ2v) is 3.64. The first-order chi connectivity index (χ1) is 6.59. The van der Waals surface area contributed by atoms with Crippen LogP contribution in [0.3, 0.4) is 0 Å². The van der Waals surface area contributed by atoms with Crippen molar-refractivity contribution in [3.05, 3.63) is 29.3 Å². The van der Waals surface area contributed by atoms with Crippen molar-refractivity contribution in [2.45, 2.75) is 20.3 Å². The van der Waals surface area contributed by atoms with Gasteiger partial charge in [0.15, 0.2) is 0 Å². The topological polar surface area (TPSA) is 26.3 Å². The van der Waals surface area contributed by atoms with Crippen molar-refractivity contribution < 1.29 is 9.53 Å². The maximum Gasteiger partial charge on any atom is 0.225 e. The maximum atomic E-state index is 10.5. The number of carbonyl (C=O) groups excluding carboxylic acids is 1. The van der Waals surface area contributed by atoms with Crippen LogP contribution >= 0.6 is 11.6 Å². The van der Waals surface area contributed by atoms with E-state index in [-0.39, 0.29) is 11.7 Å². The van der Waals surface area contributed by atoms with Crippen molar-refractivity contribution in [3.63, 3.8) is 0 Å². The van der Waals surface area contributed by atoms with Gasteiger partial charge in [-0.3, -0.25) is 4.79 Å². The van der Waals surface area contributed by atoms with E-state index >= 15 is 0 Å². The quantitative estimate of drug-likeness (QED) is 0.718. The van der Waals surface area contributed by atoms with Gasteiger partial charge in [0.2, 0.25) is 5.24 Å². The van der Waals surface area contributed by atoms with Gasteiger partial charge in [0, 0.05) is 0 Å². The van der Waals surface area contributed by atoms with Gasteiger partial charge in [-0.25, -0.2) is 0 Å². The third kappa shape index (κ3) is 3.38. The van der Waals surface area contributed by atoms with E-state index in [0.717, 1.165) is 16.9 Å². The molecule has 0 heterocycles. The summed E-state index contributed by atoms with van der Waals surface area (Å²) in [5.74, 6) is 0.822. The Morgan fingerprint density at radius 2 is 2.14 bits per heavy atom. The largest absolute Gasteiger partial charge is 0.493 e. The molecule has 0 atom stereocenters. The number of rotatable bonds is 4. The van der Waals surface area contributed by atoms with Gasteiger partial charge in [-0.2, -0.15) is 0 Å². The average molecular weight is 213 g/mol. The molecule has 0 fully saturated rings. The molecule has 1 rings (SSSR count). The number of ether oxygens (including phenoxy) is 1. The molecule has 0 saturated carbocycles. The molecule has 2 nitrogen and oxygen atoms in total. The summed E-state index contributed by atoms with van der Waals surface area (Å²) in [6.45, 7) is 4.31. The fourth-order valence-electron chi connectivity index (χ4n) is 1.10. The summed E-state index contributed by atoms with van der Waals surface area (Å²) in [4.78, 5) is 10.5. The number of carbonyl (C=O) groups is 1. The predicted octanol–water partition coefficient (Wildman–Crippen LogP) is 2.84. The summed E-state index contributed by atoms with van der Waals surface area (Å²) in [6, 6.07) is 5.97. The van der Waals surface area contributed by atoms with Gasteiger partial charge in [-0.1, -0.05) is 12.1 Å². The standard InChI is InChI=1S/C11H13ClO2/c1-8-3-4-9(2)10(7-8)14-6-5-11(12)13/h3-4,7H,5-6H2,1-2H3. The molecule has 76 valence electrons. The molecule has 0 spiro atoms.